The number of amides is 3. The van der Waals surface area contributed by atoms with Gasteiger partial charge in [-0.15, -0.1) is 0 Å². The molecule has 2 aliphatic rings. The Kier molecular flexibility index (Phi) is 5.35. The van der Waals surface area contributed by atoms with Gasteiger partial charge in [0.25, 0.3) is 0 Å². The summed E-state index contributed by atoms with van der Waals surface area (Å²) in [7, 11) is 0. The van der Waals surface area contributed by atoms with Gasteiger partial charge in [-0.25, -0.2) is 4.79 Å². The number of urea groups is 1. The second-order valence-electron chi connectivity index (χ2n) is 6.67. The van der Waals surface area contributed by atoms with E-state index >= 15 is 0 Å². The van der Waals surface area contributed by atoms with Gasteiger partial charge >= 0.3 is 6.03 Å². The van der Waals surface area contributed by atoms with E-state index in [4.69, 9.17) is 0 Å². The quantitative estimate of drug-likeness (QED) is 0.888. The third kappa shape index (κ3) is 4.26. The lowest BCUT2D eigenvalue weighted by molar-refractivity contribution is -0.114. The number of hydrogen-bond acceptors (Lipinski definition) is 3. The van der Waals surface area contributed by atoms with Crippen LogP contribution in [0.25, 0.3) is 0 Å². The molecule has 2 aliphatic heterocycles. The Hall–Kier alpha value is -2.08. The summed E-state index contributed by atoms with van der Waals surface area (Å²) in [5.41, 5.74) is 2.05. The van der Waals surface area contributed by atoms with Crippen LogP contribution in [0, 0.1) is 0 Å². The number of hydrogen-bond donors (Lipinski definition) is 2. The number of carbonyl (C=O) groups is 2. The molecule has 0 radical (unpaired) electrons. The van der Waals surface area contributed by atoms with E-state index in [1.807, 2.05) is 23.1 Å². The first-order chi connectivity index (χ1) is 11.6. The molecule has 2 saturated heterocycles. The highest BCUT2D eigenvalue weighted by molar-refractivity contribution is 5.88. The van der Waals surface area contributed by atoms with Gasteiger partial charge in [-0.3, -0.25) is 9.69 Å². The van der Waals surface area contributed by atoms with Gasteiger partial charge in [0.1, 0.15) is 0 Å². The average molecular weight is 330 g/mol. The molecule has 2 heterocycles. The van der Waals surface area contributed by atoms with Gasteiger partial charge < -0.3 is 15.5 Å². The molecule has 3 rings (SSSR count). The highest BCUT2D eigenvalue weighted by atomic mass is 16.2. The summed E-state index contributed by atoms with van der Waals surface area (Å²) in [5.74, 6) is -0.0484. The van der Waals surface area contributed by atoms with Crippen LogP contribution in [-0.4, -0.2) is 54.0 Å². The minimum Gasteiger partial charge on any atom is -0.338 e. The third-order valence-corrected chi connectivity index (χ3v) is 4.76. The molecule has 0 aliphatic carbocycles. The molecule has 0 bridgehead atoms. The van der Waals surface area contributed by atoms with Crippen molar-refractivity contribution in [3.05, 3.63) is 29.8 Å². The number of carbonyl (C=O) groups excluding carboxylic acids is 2. The summed E-state index contributed by atoms with van der Waals surface area (Å²) in [6, 6.07) is 8.48. The largest absolute Gasteiger partial charge is 0.338 e. The molecule has 1 aromatic rings. The van der Waals surface area contributed by atoms with Gasteiger partial charge in [-0.2, -0.15) is 0 Å². The molecule has 6 nitrogen and oxygen atoms in total. The van der Waals surface area contributed by atoms with Crippen molar-refractivity contribution in [2.75, 3.05) is 31.5 Å². The lowest BCUT2D eigenvalue weighted by atomic mass is 10.0. The molecule has 0 unspecified atom stereocenters. The fraction of sp³-hybridized carbons (Fsp3) is 0.556. The van der Waals surface area contributed by atoms with Crippen molar-refractivity contribution in [3.63, 3.8) is 0 Å². The minimum atomic E-state index is -0.0484. The van der Waals surface area contributed by atoms with Crippen molar-refractivity contribution in [2.45, 2.75) is 38.8 Å². The predicted octanol–water partition coefficient (Wildman–Crippen LogP) is 2.02. The zero-order valence-electron chi connectivity index (χ0n) is 14.3. The summed E-state index contributed by atoms with van der Waals surface area (Å²) in [5, 5.41) is 5.77. The first kappa shape index (κ1) is 16.8. The van der Waals surface area contributed by atoms with Gasteiger partial charge in [-0.1, -0.05) is 12.1 Å². The third-order valence-electron chi connectivity index (χ3n) is 4.76. The zero-order valence-corrected chi connectivity index (χ0v) is 14.3. The predicted molar refractivity (Wildman–Crippen MR) is 93.8 cm³/mol. The van der Waals surface area contributed by atoms with Crippen LogP contribution in [0.2, 0.25) is 0 Å². The molecule has 0 atom stereocenters. The Balaban J connectivity index is 1.52. The number of anilines is 1. The van der Waals surface area contributed by atoms with Crippen LogP contribution >= 0.6 is 0 Å². The zero-order chi connectivity index (χ0) is 16.9. The van der Waals surface area contributed by atoms with Gasteiger partial charge in [0, 0.05) is 51.4 Å². The molecule has 0 spiro atoms. The number of piperidine rings is 1. The molecule has 0 saturated carbocycles. The Bertz CT molecular complexity index is 596. The van der Waals surface area contributed by atoms with Crippen LogP contribution in [0.5, 0.6) is 0 Å². The maximum absolute atomic E-state index is 12.0. The fourth-order valence-corrected chi connectivity index (χ4v) is 3.59. The van der Waals surface area contributed by atoms with Crippen LogP contribution in [0.1, 0.15) is 31.7 Å². The van der Waals surface area contributed by atoms with E-state index < -0.39 is 0 Å². The molecule has 1 aromatic carbocycles. The Morgan fingerprint density at radius 2 is 2.08 bits per heavy atom. The highest BCUT2D eigenvalue weighted by Gasteiger charge is 2.29. The number of benzene rings is 1. The van der Waals surface area contributed by atoms with Crippen molar-refractivity contribution < 1.29 is 9.59 Å². The van der Waals surface area contributed by atoms with Gasteiger partial charge in [0.15, 0.2) is 0 Å². The number of likely N-dealkylation sites (tertiary alicyclic amines) is 1. The van der Waals surface area contributed by atoms with Gasteiger partial charge in [0.05, 0.1) is 0 Å². The topological polar surface area (TPSA) is 64.7 Å². The van der Waals surface area contributed by atoms with Crippen LogP contribution in [0.3, 0.4) is 0 Å². The smallest absolute Gasteiger partial charge is 0.317 e. The van der Waals surface area contributed by atoms with Crippen molar-refractivity contribution in [3.8, 4) is 0 Å². The number of rotatable bonds is 4. The summed E-state index contributed by atoms with van der Waals surface area (Å²) < 4.78 is 0. The molecule has 2 N–H and O–H groups in total. The second kappa shape index (κ2) is 7.66. The molecular formula is C18H26N4O2. The Labute approximate surface area is 143 Å². The van der Waals surface area contributed by atoms with Crippen molar-refractivity contribution >= 4 is 17.6 Å². The molecule has 3 amide bonds. The minimum absolute atomic E-state index is 0.0484. The SMILES string of the molecule is CC(=O)Nc1cccc(CN2CCC(N3CCCNC3=O)CC2)c1. The normalized spacial score (nSPS) is 19.9. The lowest BCUT2D eigenvalue weighted by Crippen LogP contribution is -2.54. The molecule has 0 aromatic heterocycles. The Morgan fingerprint density at radius 3 is 2.79 bits per heavy atom. The summed E-state index contributed by atoms with van der Waals surface area (Å²) in [4.78, 5) is 27.6. The highest BCUT2D eigenvalue weighted by Crippen LogP contribution is 2.21. The number of nitrogens with one attached hydrogen (secondary N) is 2. The van der Waals surface area contributed by atoms with E-state index in [-0.39, 0.29) is 11.9 Å². The molecule has 24 heavy (non-hydrogen) atoms. The average Bonchev–Trinajstić information content (AvgIpc) is 2.56. The van der Waals surface area contributed by atoms with Crippen LogP contribution in [0.4, 0.5) is 10.5 Å². The van der Waals surface area contributed by atoms with Crippen molar-refractivity contribution in [1.29, 1.82) is 0 Å². The maximum Gasteiger partial charge on any atom is 0.317 e. The van der Waals surface area contributed by atoms with Crippen LogP contribution in [0.15, 0.2) is 24.3 Å². The fourth-order valence-electron chi connectivity index (χ4n) is 3.59. The van der Waals surface area contributed by atoms with Gasteiger partial charge in [0.2, 0.25) is 5.91 Å². The van der Waals surface area contributed by atoms with E-state index in [9.17, 15) is 9.59 Å². The van der Waals surface area contributed by atoms with Crippen LogP contribution < -0.4 is 10.6 Å². The molecule has 6 heteroatoms. The second-order valence-corrected chi connectivity index (χ2v) is 6.67. The Morgan fingerprint density at radius 1 is 1.29 bits per heavy atom. The van der Waals surface area contributed by atoms with Crippen molar-refractivity contribution in [2.24, 2.45) is 0 Å². The molecular weight excluding hydrogens is 304 g/mol. The van der Waals surface area contributed by atoms with Crippen molar-refractivity contribution in [1.82, 2.24) is 15.1 Å². The van der Waals surface area contributed by atoms with Crippen LogP contribution in [-0.2, 0) is 11.3 Å². The first-order valence-electron chi connectivity index (χ1n) is 8.75. The van der Waals surface area contributed by atoms with E-state index in [1.165, 1.54) is 12.5 Å². The van der Waals surface area contributed by atoms with E-state index in [2.05, 4.69) is 21.6 Å². The summed E-state index contributed by atoms with van der Waals surface area (Å²) in [6.07, 6.45) is 3.10. The van der Waals surface area contributed by atoms with Gasteiger partial charge in [-0.05, 0) is 37.0 Å². The van der Waals surface area contributed by atoms with E-state index in [1.54, 1.807) is 0 Å². The van der Waals surface area contributed by atoms with E-state index in [0.29, 0.717) is 6.04 Å². The summed E-state index contributed by atoms with van der Waals surface area (Å²) >= 11 is 0. The standard InChI is InChI=1S/C18H26N4O2/c1-14(23)20-16-5-2-4-15(12-16)13-21-10-6-17(7-11-21)22-9-3-8-19-18(22)24/h2,4-5,12,17H,3,6-11,13H2,1H3,(H,19,24)(H,20,23). The monoisotopic (exact) mass is 330 g/mol. The maximum atomic E-state index is 12.0. The first-order valence-corrected chi connectivity index (χ1v) is 8.75. The van der Waals surface area contributed by atoms with E-state index in [0.717, 1.165) is 57.7 Å². The molecule has 2 fully saturated rings. The molecule has 130 valence electrons. The number of nitrogens with zero attached hydrogens (tertiary/aromatic N) is 2. The lowest BCUT2D eigenvalue weighted by Gasteiger charge is -2.40. The summed E-state index contributed by atoms with van der Waals surface area (Å²) in [6.45, 7) is 6.09.